The van der Waals surface area contributed by atoms with E-state index in [4.69, 9.17) is 5.73 Å². The summed E-state index contributed by atoms with van der Waals surface area (Å²) < 4.78 is 0. The van der Waals surface area contributed by atoms with Crippen molar-refractivity contribution >= 4 is 34.3 Å². The maximum atomic E-state index is 11.5. The zero-order valence-electron chi connectivity index (χ0n) is 8.34. The molecule has 1 aromatic rings. The highest BCUT2D eigenvalue weighted by Crippen LogP contribution is 2.19. The van der Waals surface area contributed by atoms with Crippen LogP contribution in [0.25, 0.3) is 0 Å². The van der Waals surface area contributed by atoms with E-state index in [9.17, 15) is 14.4 Å². The fourth-order valence-corrected chi connectivity index (χ4v) is 1.98. The molecule has 84 valence electrons. The van der Waals surface area contributed by atoms with Gasteiger partial charge in [0.25, 0.3) is 0 Å². The van der Waals surface area contributed by atoms with Crippen molar-refractivity contribution in [3.63, 3.8) is 0 Å². The molecule has 2 rings (SSSR count). The fourth-order valence-electron chi connectivity index (χ4n) is 1.30. The van der Waals surface area contributed by atoms with Crippen LogP contribution in [0.5, 0.6) is 0 Å². The van der Waals surface area contributed by atoms with Crippen molar-refractivity contribution in [2.45, 2.75) is 6.54 Å². The normalized spacial score (nSPS) is 16.4. The molecule has 0 spiro atoms. The topological polar surface area (TPSA) is 96.6 Å². The predicted molar refractivity (Wildman–Crippen MR) is 55.2 cm³/mol. The first kappa shape index (κ1) is 10.6. The number of likely N-dealkylation sites (N-methyl/N-ethyl adjacent to an activating group) is 1. The molecule has 1 aromatic heterocycles. The van der Waals surface area contributed by atoms with Crippen LogP contribution in [0.2, 0.25) is 0 Å². The van der Waals surface area contributed by atoms with Gasteiger partial charge in [-0.15, -0.1) is 11.3 Å². The first-order valence-corrected chi connectivity index (χ1v) is 5.16. The molecule has 4 amide bonds. The van der Waals surface area contributed by atoms with Gasteiger partial charge in [0.2, 0.25) is 0 Å². The summed E-state index contributed by atoms with van der Waals surface area (Å²) in [5.41, 5.74) is 5.42. The van der Waals surface area contributed by atoms with E-state index in [0.29, 0.717) is 10.0 Å². The highest BCUT2D eigenvalue weighted by molar-refractivity contribution is 7.15. The molecule has 1 aliphatic rings. The van der Waals surface area contributed by atoms with Gasteiger partial charge in [0.05, 0.1) is 6.54 Å². The van der Waals surface area contributed by atoms with Crippen molar-refractivity contribution in [1.82, 2.24) is 14.8 Å². The number of hydrogen-bond donors (Lipinski definition) is 1. The Morgan fingerprint density at radius 3 is 2.50 bits per heavy atom. The molecule has 0 aromatic carbocycles. The van der Waals surface area contributed by atoms with E-state index in [-0.39, 0.29) is 6.54 Å². The van der Waals surface area contributed by atoms with Crippen LogP contribution in [0.4, 0.5) is 9.93 Å². The average Bonchev–Trinajstić information content (AvgIpc) is 2.73. The van der Waals surface area contributed by atoms with Crippen molar-refractivity contribution in [1.29, 1.82) is 0 Å². The summed E-state index contributed by atoms with van der Waals surface area (Å²) in [5.74, 6) is -1.64. The standard InChI is InChI=1S/C8H8N4O3S/c1-11-5(13)6(14)12(8(11)15)3-4-2-10-7(9)16-4/h2H,3H2,1H3,(H2,9,10). The molecule has 2 heterocycles. The van der Waals surface area contributed by atoms with E-state index in [2.05, 4.69) is 4.98 Å². The van der Waals surface area contributed by atoms with Crippen molar-refractivity contribution < 1.29 is 14.4 Å². The summed E-state index contributed by atoms with van der Waals surface area (Å²) in [6.07, 6.45) is 1.48. The first-order chi connectivity index (χ1) is 7.50. The van der Waals surface area contributed by atoms with E-state index in [1.165, 1.54) is 24.6 Å². The molecule has 16 heavy (non-hydrogen) atoms. The summed E-state index contributed by atoms with van der Waals surface area (Å²) in [5, 5.41) is 0.355. The second kappa shape index (κ2) is 3.56. The molecule has 7 nitrogen and oxygen atoms in total. The SMILES string of the molecule is CN1C(=O)C(=O)N(Cc2cnc(N)s2)C1=O. The maximum absolute atomic E-state index is 11.5. The molecule has 8 heteroatoms. The van der Waals surface area contributed by atoms with Crippen molar-refractivity contribution in [3.8, 4) is 0 Å². The van der Waals surface area contributed by atoms with Gasteiger partial charge in [0.1, 0.15) is 0 Å². The van der Waals surface area contributed by atoms with E-state index in [1.807, 2.05) is 0 Å². The van der Waals surface area contributed by atoms with E-state index < -0.39 is 17.8 Å². The Hall–Kier alpha value is -1.96. The molecule has 0 saturated carbocycles. The van der Waals surface area contributed by atoms with E-state index >= 15 is 0 Å². The summed E-state index contributed by atoms with van der Waals surface area (Å²) in [4.78, 5) is 40.2. The number of nitrogens with two attached hydrogens (primary N) is 1. The summed E-state index contributed by atoms with van der Waals surface area (Å²) in [6, 6.07) is -0.623. The minimum Gasteiger partial charge on any atom is -0.375 e. The lowest BCUT2D eigenvalue weighted by Crippen LogP contribution is -2.30. The zero-order valence-corrected chi connectivity index (χ0v) is 9.15. The quantitative estimate of drug-likeness (QED) is 0.562. The average molecular weight is 240 g/mol. The number of hydrogen-bond acceptors (Lipinski definition) is 6. The van der Waals surface area contributed by atoms with Crippen LogP contribution in [0.1, 0.15) is 4.88 Å². The van der Waals surface area contributed by atoms with Gasteiger partial charge in [-0.05, 0) is 0 Å². The van der Waals surface area contributed by atoms with Gasteiger partial charge in [-0.1, -0.05) is 0 Å². The second-order valence-electron chi connectivity index (χ2n) is 3.20. The van der Waals surface area contributed by atoms with E-state index in [1.54, 1.807) is 0 Å². The number of rotatable bonds is 2. The second-order valence-corrected chi connectivity index (χ2v) is 4.35. The van der Waals surface area contributed by atoms with Crippen molar-refractivity contribution in [2.75, 3.05) is 12.8 Å². The van der Waals surface area contributed by atoms with Crippen molar-refractivity contribution in [3.05, 3.63) is 11.1 Å². The number of nitrogen functional groups attached to an aromatic ring is 1. The lowest BCUT2D eigenvalue weighted by molar-refractivity contribution is -0.143. The van der Waals surface area contributed by atoms with Crippen LogP contribution >= 0.6 is 11.3 Å². The largest absolute Gasteiger partial charge is 0.375 e. The Balaban J connectivity index is 2.20. The van der Waals surface area contributed by atoms with Gasteiger partial charge in [-0.25, -0.2) is 9.78 Å². The smallest absolute Gasteiger partial charge is 0.334 e. The minimum atomic E-state index is -0.820. The highest BCUT2D eigenvalue weighted by atomic mass is 32.1. The maximum Gasteiger partial charge on any atom is 0.334 e. The minimum absolute atomic E-state index is 0.0304. The number of carbonyl (C=O) groups excluding carboxylic acids is 3. The van der Waals surface area contributed by atoms with Crippen LogP contribution in [0, 0.1) is 0 Å². The Labute approximate surface area is 94.5 Å². The molecule has 0 bridgehead atoms. The van der Waals surface area contributed by atoms with Gasteiger partial charge < -0.3 is 5.73 Å². The molecule has 0 radical (unpaired) electrons. The molecular formula is C8H8N4O3S. The predicted octanol–water partition coefficient (Wildman–Crippen LogP) is -0.354. The van der Waals surface area contributed by atoms with Gasteiger partial charge in [-0.2, -0.15) is 0 Å². The molecule has 1 aliphatic heterocycles. The van der Waals surface area contributed by atoms with Gasteiger partial charge in [-0.3, -0.25) is 19.4 Å². The zero-order chi connectivity index (χ0) is 11.9. The Morgan fingerprint density at radius 2 is 2.06 bits per heavy atom. The Bertz CT molecular complexity index is 483. The molecule has 0 unspecified atom stereocenters. The number of thiazole rings is 1. The molecule has 1 saturated heterocycles. The third-order valence-corrected chi connectivity index (χ3v) is 2.95. The lowest BCUT2D eigenvalue weighted by Gasteiger charge is -2.10. The van der Waals surface area contributed by atoms with Gasteiger partial charge >= 0.3 is 17.8 Å². The number of carbonyl (C=O) groups is 3. The number of aromatic nitrogens is 1. The lowest BCUT2D eigenvalue weighted by atomic mass is 10.4. The molecular weight excluding hydrogens is 232 g/mol. The molecule has 0 atom stereocenters. The van der Waals surface area contributed by atoms with Crippen LogP contribution in [0.3, 0.4) is 0 Å². The number of imide groups is 2. The number of amides is 4. The molecule has 0 aliphatic carbocycles. The highest BCUT2D eigenvalue weighted by Gasteiger charge is 2.42. The van der Waals surface area contributed by atoms with E-state index in [0.717, 1.165) is 9.80 Å². The Kier molecular flexibility index (Phi) is 2.35. The van der Waals surface area contributed by atoms with Crippen molar-refractivity contribution in [2.24, 2.45) is 0 Å². The summed E-state index contributed by atoms with van der Waals surface area (Å²) in [6.45, 7) is 0.0304. The number of urea groups is 1. The third-order valence-electron chi connectivity index (χ3n) is 2.14. The van der Waals surface area contributed by atoms with Crippen LogP contribution < -0.4 is 5.73 Å². The van der Waals surface area contributed by atoms with Crippen LogP contribution in [-0.4, -0.2) is 39.7 Å². The number of anilines is 1. The molecule has 2 N–H and O–H groups in total. The fraction of sp³-hybridized carbons (Fsp3) is 0.250. The van der Waals surface area contributed by atoms with Crippen LogP contribution in [0.15, 0.2) is 6.20 Å². The monoisotopic (exact) mass is 240 g/mol. The summed E-state index contributed by atoms with van der Waals surface area (Å²) >= 11 is 1.17. The van der Waals surface area contributed by atoms with Gasteiger partial charge in [0.15, 0.2) is 5.13 Å². The van der Waals surface area contributed by atoms with Gasteiger partial charge in [0, 0.05) is 18.1 Å². The summed E-state index contributed by atoms with van der Waals surface area (Å²) in [7, 11) is 1.27. The Morgan fingerprint density at radius 1 is 1.38 bits per heavy atom. The first-order valence-electron chi connectivity index (χ1n) is 4.34. The number of nitrogens with zero attached hydrogens (tertiary/aromatic N) is 3. The van der Waals surface area contributed by atoms with Crippen LogP contribution in [-0.2, 0) is 16.1 Å². The molecule has 1 fully saturated rings. The third kappa shape index (κ3) is 1.52.